The Morgan fingerprint density at radius 2 is 1.68 bits per heavy atom. The van der Waals surface area contributed by atoms with Gasteiger partial charge in [-0.25, -0.2) is 4.79 Å². The van der Waals surface area contributed by atoms with Gasteiger partial charge < -0.3 is 25.6 Å². The predicted octanol–water partition coefficient (Wildman–Crippen LogP) is -0.434. The van der Waals surface area contributed by atoms with Crippen molar-refractivity contribution in [2.45, 2.75) is 26.8 Å². The summed E-state index contributed by atoms with van der Waals surface area (Å²) < 4.78 is 4.76. The molecule has 0 spiro atoms. The number of nitrogens with one attached hydrogen (secondary N) is 2. The number of carbonyl (C=O) groups excluding carboxylic acids is 2. The molecule has 0 aliphatic rings. The van der Waals surface area contributed by atoms with Gasteiger partial charge >= 0.3 is 12.1 Å². The number of aliphatic hydroxyl groups is 1. The lowest BCUT2D eigenvalue weighted by Crippen LogP contribution is -2.44. The van der Waals surface area contributed by atoms with Crippen LogP contribution in [0.25, 0.3) is 0 Å². The van der Waals surface area contributed by atoms with E-state index in [1.807, 2.05) is 13.8 Å². The summed E-state index contributed by atoms with van der Waals surface area (Å²) in [6.07, 6.45) is -0.697. The van der Waals surface area contributed by atoms with Gasteiger partial charge in [-0.2, -0.15) is 0 Å². The average molecular weight is 278 g/mol. The van der Waals surface area contributed by atoms with E-state index in [9.17, 15) is 14.4 Å². The second kappa shape index (κ2) is 11.3. The molecule has 0 heterocycles. The molecule has 0 saturated heterocycles. The number of aliphatic carboxylic acids is 1. The fourth-order valence-electron chi connectivity index (χ4n) is 0.800. The van der Waals surface area contributed by atoms with Gasteiger partial charge in [0.1, 0.15) is 12.6 Å². The molecule has 19 heavy (non-hydrogen) atoms. The van der Waals surface area contributed by atoms with Crippen LogP contribution in [0.4, 0.5) is 4.79 Å². The van der Waals surface area contributed by atoms with Gasteiger partial charge in [0.25, 0.3) is 0 Å². The molecule has 0 aliphatic carbocycles. The number of carboxylic acid groups (broad SMARTS) is 1. The summed E-state index contributed by atoms with van der Waals surface area (Å²) in [5.41, 5.74) is 0. The van der Waals surface area contributed by atoms with Crippen LogP contribution in [-0.4, -0.2) is 54.5 Å². The van der Waals surface area contributed by atoms with Crippen LogP contribution in [0.5, 0.6) is 0 Å². The number of carbonyl (C=O) groups is 3. The van der Waals surface area contributed by atoms with Crippen molar-refractivity contribution in [3.63, 3.8) is 0 Å². The summed E-state index contributed by atoms with van der Waals surface area (Å²) in [6.45, 7) is 5.05. The van der Waals surface area contributed by atoms with Crippen LogP contribution in [0.3, 0.4) is 0 Å². The number of hydrogen-bond donors (Lipinski definition) is 4. The van der Waals surface area contributed by atoms with Crippen LogP contribution in [0.15, 0.2) is 0 Å². The Morgan fingerprint density at radius 3 is 2.11 bits per heavy atom. The van der Waals surface area contributed by atoms with Crippen molar-refractivity contribution >= 4 is 18.0 Å². The number of alkyl carbamates (subject to hydrolysis) is 1. The molecule has 8 heteroatoms. The number of carboxylic acids is 1. The van der Waals surface area contributed by atoms with E-state index in [2.05, 4.69) is 10.6 Å². The molecule has 0 bridgehead atoms. The number of rotatable bonds is 6. The molecule has 4 N–H and O–H groups in total. The van der Waals surface area contributed by atoms with Crippen LogP contribution in [0, 0.1) is 5.92 Å². The molecular weight excluding hydrogens is 256 g/mol. The van der Waals surface area contributed by atoms with Gasteiger partial charge in [-0.05, 0) is 12.8 Å². The van der Waals surface area contributed by atoms with E-state index in [1.54, 1.807) is 0 Å². The number of ether oxygens (including phenoxy) is 1. The lowest BCUT2D eigenvalue weighted by Gasteiger charge is -2.11. The summed E-state index contributed by atoms with van der Waals surface area (Å²) in [5, 5.41) is 19.9. The van der Waals surface area contributed by atoms with E-state index in [0.29, 0.717) is 0 Å². The summed E-state index contributed by atoms with van der Waals surface area (Å²) >= 11 is 0. The molecule has 112 valence electrons. The maximum Gasteiger partial charge on any atom is 0.407 e. The summed E-state index contributed by atoms with van der Waals surface area (Å²) in [4.78, 5) is 32.6. The van der Waals surface area contributed by atoms with Crippen LogP contribution in [0.1, 0.15) is 20.8 Å². The fourth-order valence-corrected chi connectivity index (χ4v) is 0.800. The van der Waals surface area contributed by atoms with Crippen LogP contribution >= 0.6 is 0 Å². The highest BCUT2D eigenvalue weighted by molar-refractivity contribution is 5.86. The summed E-state index contributed by atoms with van der Waals surface area (Å²) in [5.74, 6) is -1.51. The fraction of sp³-hybridized carbons (Fsp3) is 0.727. The van der Waals surface area contributed by atoms with Gasteiger partial charge in [0, 0.05) is 7.11 Å². The first kappa shape index (κ1) is 19.5. The molecule has 0 unspecified atom stereocenters. The Kier molecular flexibility index (Phi) is 11.6. The first-order valence-electron chi connectivity index (χ1n) is 5.70. The number of hydrogen-bond acceptors (Lipinski definition) is 5. The molecule has 0 saturated carbocycles. The molecule has 0 fully saturated rings. The van der Waals surface area contributed by atoms with Gasteiger partial charge in [0.05, 0.1) is 6.61 Å². The topological polar surface area (TPSA) is 125 Å². The zero-order valence-corrected chi connectivity index (χ0v) is 11.6. The van der Waals surface area contributed by atoms with E-state index in [1.165, 1.54) is 6.92 Å². The van der Waals surface area contributed by atoms with Crippen molar-refractivity contribution in [2.24, 2.45) is 5.92 Å². The monoisotopic (exact) mass is 278 g/mol. The Hall–Kier alpha value is -1.83. The lowest BCUT2D eigenvalue weighted by molar-refractivity contribution is -0.141. The second-order valence-electron chi connectivity index (χ2n) is 3.97. The van der Waals surface area contributed by atoms with Crippen molar-refractivity contribution in [2.75, 3.05) is 20.3 Å². The normalized spacial score (nSPS) is 10.8. The highest BCUT2D eigenvalue weighted by Gasteiger charge is 2.14. The van der Waals surface area contributed by atoms with Crippen LogP contribution in [-0.2, 0) is 14.3 Å². The molecule has 0 radical (unpaired) electrons. The van der Waals surface area contributed by atoms with E-state index in [0.717, 1.165) is 7.11 Å². The third-order valence-corrected chi connectivity index (χ3v) is 1.69. The molecular formula is C11H22N2O6. The molecule has 0 aliphatic heterocycles. The van der Waals surface area contributed by atoms with Crippen molar-refractivity contribution < 1.29 is 29.3 Å². The van der Waals surface area contributed by atoms with E-state index >= 15 is 0 Å². The molecule has 8 nitrogen and oxygen atoms in total. The van der Waals surface area contributed by atoms with Crippen molar-refractivity contribution in [1.82, 2.24) is 10.6 Å². The van der Waals surface area contributed by atoms with Gasteiger partial charge in [-0.15, -0.1) is 0 Å². The highest BCUT2D eigenvalue weighted by Crippen LogP contribution is 1.92. The molecule has 0 rings (SSSR count). The minimum absolute atomic E-state index is 0.210. The van der Waals surface area contributed by atoms with Gasteiger partial charge in [-0.1, -0.05) is 13.8 Å². The summed E-state index contributed by atoms with van der Waals surface area (Å²) in [6, 6.07) is -0.990. The van der Waals surface area contributed by atoms with E-state index < -0.39 is 24.0 Å². The minimum atomic E-state index is -1.14. The third-order valence-electron chi connectivity index (χ3n) is 1.69. The zero-order chi connectivity index (χ0) is 15.4. The average Bonchev–Trinajstić information content (AvgIpc) is 2.36. The SMILES string of the molecule is CC(C)COC(=O)NCC(=O)N[C@@H](C)C(=O)O.CO. The Balaban J connectivity index is 0. The van der Waals surface area contributed by atoms with E-state index in [4.69, 9.17) is 14.9 Å². The quantitative estimate of drug-likeness (QED) is 0.522. The Labute approximate surface area is 112 Å². The maximum atomic E-state index is 11.2. The van der Waals surface area contributed by atoms with Gasteiger partial charge in [0.15, 0.2) is 0 Å². The smallest absolute Gasteiger partial charge is 0.407 e. The van der Waals surface area contributed by atoms with E-state index in [-0.39, 0.29) is 19.1 Å². The van der Waals surface area contributed by atoms with Gasteiger partial charge in [-0.3, -0.25) is 9.59 Å². The predicted molar refractivity (Wildman–Crippen MR) is 67.6 cm³/mol. The lowest BCUT2D eigenvalue weighted by atomic mass is 10.2. The molecule has 1 atom stereocenters. The molecule has 0 aromatic heterocycles. The number of amides is 2. The second-order valence-corrected chi connectivity index (χ2v) is 3.97. The minimum Gasteiger partial charge on any atom is -0.480 e. The molecule has 0 aromatic carbocycles. The largest absolute Gasteiger partial charge is 0.480 e. The first-order chi connectivity index (χ1) is 8.82. The Bertz CT molecular complexity index is 293. The van der Waals surface area contributed by atoms with Crippen molar-refractivity contribution in [1.29, 1.82) is 0 Å². The van der Waals surface area contributed by atoms with Crippen molar-refractivity contribution in [3.8, 4) is 0 Å². The van der Waals surface area contributed by atoms with Crippen molar-refractivity contribution in [3.05, 3.63) is 0 Å². The zero-order valence-electron chi connectivity index (χ0n) is 11.6. The van der Waals surface area contributed by atoms with Crippen LogP contribution in [0.2, 0.25) is 0 Å². The highest BCUT2D eigenvalue weighted by atomic mass is 16.5. The maximum absolute atomic E-state index is 11.2. The third kappa shape index (κ3) is 12.4. The number of aliphatic hydroxyl groups excluding tert-OH is 1. The molecule has 2 amide bonds. The van der Waals surface area contributed by atoms with Gasteiger partial charge in [0.2, 0.25) is 5.91 Å². The molecule has 0 aromatic rings. The standard InChI is InChI=1S/C10H18N2O5.CH4O/c1-6(2)5-17-10(16)11-4-8(13)12-7(3)9(14)15;1-2/h6-7H,4-5H2,1-3H3,(H,11,16)(H,12,13)(H,14,15);2H,1H3/t7-;/m0./s1. The first-order valence-corrected chi connectivity index (χ1v) is 5.70. The Morgan fingerprint density at radius 1 is 1.16 bits per heavy atom. The summed E-state index contributed by atoms with van der Waals surface area (Å²) in [7, 11) is 1.00. The van der Waals surface area contributed by atoms with Crippen LogP contribution < -0.4 is 10.6 Å².